The van der Waals surface area contributed by atoms with Crippen LogP contribution in [0.2, 0.25) is 0 Å². The minimum atomic E-state index is -0.170. The molecule has 28 heavy (non-hydrogen) atoms. The first-order chi connectivity index (χ1) is 13.7. The van der Waals surface area contributed by atoms with Gasteiger partial charge in [0.15, 0.2) is 5.75 Å². The van der Waals surface area contributed by atoms with Crippen molar-refractivity contribution in [2.75, 3.05) is 12.4 Å². The number of hydrogen-bond donors (Lipinski definition) is 1. The molecule has 0 saturated heterocycles. The Morgan fingerprint density at radius 2 is 1.71 bits per heavy atom. The molecule has 0 unspecified atom stereocenters. The summed E-state index contributed by atoms with van der Waals surface area (Å²) in [5.41, 5.74) is 4.99. The van der Waals surface area contributed by atoms with Crippen molar-refractivity contribution in [3.63, 3.8) is 0 Å². The summed E-state index contributed by atoms with van der Waals surface area (Å²) < 4.78 is 0. The molecule has 3 aromatic carbocycles. The van der Waals surface area contributed by atoms with Gasteiger partial charge in [0.25, 0.3) is 0 Å². The lowest BCUT2D eigenvalue weighted by Crippen LogP contribution is -1.86. The van der Waals surface area contributed by atoms with Gasteiger partial charge >= 0.3 is 0 Å². The standard InChI is InChI=1S/C25H21O2S/c1-19-18-24(13-14-25(19)27)28-17-15-21(8-5-16-26)23-11-9-22(10-12-23)20-6-3-2-4-7-20/h2-4,6-7,9-15,18,26H,16-17H2,1H3/b21-15-. The van der Waals surface area contributed by atoms with Crippen LogP contribution in [0.4, 0.5) is 0 Å². The van der Waals surface area contributed by atoms with Crippen molar-refractivity contribution in [1.82, 2.24) is 0 Å². The zero-order valence-electron chi connectivity index (χ0n) is 15.7. The van der Waals surface area contributed by atoms with Crippen LogP contribution in [0.1, 0.15) is 11.1 Å². The first-order valence-electron chi connectivity index (χ1n) is 9.03. The van der Waals surface area contributed by atoms with Gasteiger partial charge in [-0.2, -0.15) is 0 Å². The second-order valence-electron chi connectivity index (χ2n) is 6.26. The predicted octanol–water partition coefficient (Wildman–Crippen LogP) is 5.98. The molecule has 0 aliphatic carbocycles. The summed E-state index contributed by atoms with van der Waals surface area (Å²) in [7, 11) is 0. The van der Waals surface area contributed by atoms with Gasteiger partial charge in [0.2, 0.25) is 0 Å². The highest BCUT2D eigenvalue weighted by Crippen LogP contribution is 2.27. The average molecular weight is 386 g/mol. The van der Waals surface area contributed by atoms with Gasteiger partial charge in [0.1, 0.15) is 6.61 Å². The molecule has 0 aromatic heterocycles. The fraction of sp³-hybridized carbons (Fsp3) is 0.120. The molecule has 139 valence electrons. The molecule has 0 aliphatic rings. The van der Waals surface area contributed by atoms with E-state index in [1.54, 1.807) is 17.8 Å². The van der Waals surface area contributed by atoms with Gasteiger partial charge in [0.05, 0.1) is 0 Å². The van der Waals surface area contributed by atoms with Crippen molar-refractivity contribution in [2.45, 2.75) is 11.8 Å². The molecule has 3 rings (SSSR count). The zero-order valence-corrected chi connectivity index (χ0v) is 16.5. The van der Waals surface area contributed by atoms with E-state index < -0.39 is 0 Å². The Balaban J connectivity index is 1.77. The fourth-order valence-corrected chi connectivity index (χ4v) is 3.65. The summed E-state index contributed by atoms with van der Waals surface area (Å²) >= 11 is 1.65. The average Bonchev–Trinajstić information content (AvgIpc) is 2.74. The predicted molar refractivity (Wildman–Crippen MR) is 117 cm³/mol. The third kappa shape index (κ3) is 5.29. The summed E-state index contributed by atoms with van der Waals surface area (Å²) in [6.45, 7) is 1.66. The molecule has 2 nitrogen and oxygen atoms in total. The molecule has 0 bridgehead atoms. The Kier molecular flexibility index (Phi) is 6.97. The fourth-order valence-electron chi connectivity index (χ4n) is 2.78. The second kappa shape index (κ2) is 9.85. The van der Waals surface area contributed by atoms with Crippen molar-refractivity contribution in [1.29, 1.82) is 0 Å². The Labute approximate surface area is 170 Å². The van der Waals surface area contributed by atoms with Crippen LogP contribution in [0.15, 0.2) is 83.8 Å². The van der Waals surface area contributed by atoms with E-state index in [1.165, 1.54) is 5.56 Å². The van der Waals surface area contributed by atoms with Crippen LogP contribution < -0.4 is 0 Å². The summed E-state index contributed by atoms with van der Waals surface area (Å²) in [4.78, 5) is 1.06. The highest BCUT2D eigenvalue weighted by molar-refractivity contribution is 7.99. The highest BCUT2D eigenvalue weighted by Gasteiger charge is 2.03. The smallest absolute Gasteiger partial charge is 0.181 e. The lowest BCUT2D eigenvalue weighted by atomic mass is 10.0. The van der Waals surface area contributed by atoms with Crippen LogP contribution >= 0.6 is 11.8 Å². The minimum absolute atomic E-state index is 0.0629. The van der Waals surface area contributed by atoms with Gasteiger partial charge in [-0.05, 0) is 47.4 Å². The molecule has 0 spiro atoms. The van der Waals surface area contributed by atoms with E-state index in [1.807, 2.05) is 37.3 Å². The van der Waals surface area contributed by atoms with Gasteiger partial charge in [-0.25, -0.2) is 0 Å². The summed E-state index contributed by atoms with van der Waals surface area (Å²) in [6, 6.07) is 23.9. The first-order valence-corrected chi connectivity index (χ1v) is 10.0. The Bertz CT molecular complexity index is 1010. The van der Waals surface area contributed by atoms with Gasteiger partial charge in [-0.15, -0.1) is 11.8 Å². The number of hydrogen-bond acceptors (Lipinski definition) is 2. The van der Waals surface area contributed by atoms with Gasteiger partial charge in [-0.1, -0.05) is 72.5 Å². The lowest BCUT2D eigenvalue weighted by Gasteiger charge is -2.06. The molecule has 0 atom stereocenters. The Hall–Kier alpha value is -2.93. The van der Waals surface area contributed by atoms with Crippen LogP contribution in [0.3, 0.4) is 0 Å². The van der Waals surface area contributed by atoms with Crippen molar-refractivity contribution in [3.05, 3.63) is 90.0 Å². The number of aliphatic hydroxyl groups is 1. The maximum Gasteiger partial charge on any atom is 0.181 e. The van der Waals surface area contributed by atoms with E-state index in [4.69, 9.17) is 5.11 Å². The van der Waals surface area contributed by atoms with Crippen LogP contribution in [-0.4, -0.2) is 17.5 Å². The number of aryl methyl sites for hydroxylation is 1. The summed E-state index contributed by atoms with van der Waals surface area (Å²) in [6.07, 6.45) is 2.06. The SMILES string of the molecule is Cc1cc(SC/C=C(/C#CCO)c2ccc(-c3ccccc3)cc2)ccc1[O]. The van der Waals surface area contributed by atoms with Crippen LogP contribution in [-0.2, 0) is 5.11 Å². The maximum absolute atomic E-state index is 11.5. The van der Waals surface area contributed by atoms with Crippen LogP contribution in [0.5, 0.6) is 5.75 Å². The maximum atomic E-state index is 11.5. The van der Waals surface area contributed by atoms with Crippen LogP contribution in [0, 0.1) is 18.8 Å². The topological polar surface area (TPSA) is 40.1 Å². The molecule has 0 heterocycles. The van der Waals surface area contributed by atoms with Gasteiger partial charge in [0, 0.05) is 16.2 Å². The molecule has 3 aromatic rings. The van der Waals surface area contributed by atoms with Crippen molar-refractivity contribution in [3.8, 4) is 28.7 Å². The van der Waals surface area contributed by atoms with E-state index in [2.05, 4.69) is 54.3 Å². The molecular formula is C25H21O2S. The molecule has 0 amide bonds. The third-order valence-corrected chi connectivity index (χ3v) is 5.21. The van der Waals surface area contributed by atoms with Gasteiger partial charge in [-0.3, -0.25) is 5.11 Å². The third-order valence-electron chi connectivity index (χ3n) is 4.29. The van der Waals surface area contributed by atoms with E-state index in [0.717, 1.165) is 32.9 Å². The monoisotopic (exact) mass is 385 g/mol. The molecule has 3 heteroatoms. The number of aliphatic hydroxyl groups excluding tert-OH is 1. The van der Waals surface area contributed by atoms with Crippen LogP contribution in [0.25, 0.3) is 16.7 Å². The minimum Gasteiger partial charge on any atom is -0.384 e. The molecule has 0 aliphatic heterocycles. The number of allylic oxidation sites excluding steroid dienone is 1. The van der Waals surface area contributed by atoms with E-state index >= 15 is 0 Å². The quantitative estimate of drug-likeness (QED) is 0.434. The lowest BCUT2D eigenvalue weighted by molar-refractivity contribution is 0.350. The molecule has 0 saturated carbocycles. The van der Waals surface area contributed by atoms with Gasteiger partial charge < -0.3 is 5.11 Å². The Morgan fingerprint density at radius 1 is 1.00 bits per heavy atom. The summed E-state index contributed by atoms with van der Waals surface area (Å²) in [5, 5.41) is 20.6. The van der Waals surface area contributed by atoms with E-state index in [9.17, 15) is 5.11 Å². The van der Waals surface area contributed by atoms with E-state index in [-0.39, 0.29) is 12.4 Å². The largest absolute Gasteiger partial charge is 0.384 e. The summed E-state index contributed by atoms with van der Waals surface area (Å²) in [5.74, 6) is 6.59. The number of benzene rings is 3. The molecular weight excluding hydrogens is 364 g/mol. The molecule has 0 fully saturated rings. The molecule has 1 radical (unpaired) electrons. The van der Waals surface area contributed by atoms with Crippen molar-refractivity contribution in [2.24, 2.45) is 0 Å². The first kappa shape index (κ1) is 19.8. The highest BCUT2D eigenvalue weighted by atomic mass is 32.2. The zero-order chi connectivity index (χ0) is 19.8. The van der Waals surface area contributed by atoms with Crippen molar-refractivity contribution < 1.29 is 10.2 Å². The van der Waals surface area contributed by atoms with Crippen molar-refractivity contribution >= 4 is 17.3 Å². The van der Waals surface area contributed by atoms with E-state index in [0.29, 0.717) is 0 Å². The number of thioether (sulfide) groups is 1. The number of rotatable bonds is 5. The molecule has 1 N–H and O–H groups in total. The second-order valence-corrected chi connectivity index (χ2v) is 7.35. The Morgan fingerprint density at radius 3 is 2.39 bits per heavy atom. The normalized spacial score (nSPS) is 11.0.